The van der Waals surface area contributed by atoms with E-state index in [1.165, 1.54) is 25.9 Å². The Balaban J connectivity index is 1.80. The van der Waals surface area contributed by atoms with E-state index in [0.29, 0.717) is 5.15 Å². The Hall–Kier alpha value is -0.710. The second-order valence-corrected chi connectivity index (χ2v) is 5.42. The molecule has 1 aromatic heterocycles. The molecular weight excluding hydrogens is 248 g/mol. The van der Waals surface area contributed by atoms with Crippen LogP contribution in [0.2, 0.25) is 5.15 Å². The fraction of sp³-hybridized carbons (Fsp3) is 0.692. The number of likely N-dealkylation sites (N-methyl/N-ethyl adjacent to an activating group) is 1. The number of halogens is 1. The number of hydrogen-bond acceptors (Lipinski definition) is 4. The molecule has 0 atom stereocenters. The molecule has 4 nitrogen and oxygen atoms in total. The lowest BCUT2D eigenvalue weighted by Crippen LogP contribution is -2.31. The van der Waals surface area contributed by atoms with Gasteiger partial charge in [0.15, 0.2) is 0 Å². The molecule has 1 aliphatic rings. The second kappa shape index (κ2) is 6.45. The predicted octanol–water partition coefficient (Wildman–Crippen LogP) is 1.97. The topological polar surface area (TPSA) is 32.3 Å². The standard InChI is InChI=1S/C13H21ClN4/c1-11-9-12(14)16-13(15-11)10-17(2)7-8-18-5-3-4-6-18/h9H,3-8,10H2,1-2H3. The van der Waals surface area contributed by atoms with Gasteiger partial charge in [0.1, 0.15) is 11.0 Å². The molecular formula is C13H21ClN4. The molecule has 0 spiro atoms. The van der Waals surface area contributed by atoms with Gasteiger partial charge in [0.25, 0.3) is 0 Å². The number of aryl methyl sites for hydroxylation is 1. The van der Waals surface area contributed by atoms with Gasteiger partial charge in [0, 0.05) is 18.8 Å². The third-order valence-electron chi connectivity index (χ3n) is 3.28. The summed E-state index contributed by atoms with van der Waals surface area (Å²) in [6.07, 6.45) is 2.70. The zero-order valence-electron chi connectivity index (χ0n) is 11.2. The van der Waals surface area contributed by atoms with Crippen molar-refractivity contribution in [3.05, 3.63) is 22.7 Å². The third kappa shape index (κ3) is 4.19. The lowest BCUT2D eigenvalue weighted by molar-refractivity contribution is 0.248. The molecule has 0 bridgehead atoms. The number of nitrogens with zero attached hydrogens (tertiary/aromatic N) is 4. The van der Waals surface area contributed by atoms with E-state index >= 15 is 0 Å². The van der Waals surface area contributed by atoms with Crippen molar-refractivity contribution in [1.82, 2.24) is 19.8 Å². The van der Waals surface area contributed by atoms with Crippen molar-refractivity contribution in [3.63, 3.8) is 0 Å². The average Bonchev–Trinajstić information content (AvgIpc) is 2.77. The summed E-state index contributed by atoms with van der Waals surface area (Å²) >= 11 is 5.94. The predicted molar refractivity (Wildman–Crippen MR) is 73.8 cm³/mol. The van der Waals surface area contributed by atoms with E-state index in [1.807, 2.05) is 6.92 Å². The lowest BCUT2D eigenvalue weighted by atomic mass is 10.4. The van der Waals surface area contributed by atoms with Gasteiger partial charge in [0.05, 0.1) is 6.54 Å². The second-order valence-electron chi connectivity index (χ2n) is 5.03. The summed E-state index contributed by atoms with van der Waals surface area (Å²) in [6.45, 7) is 7.39. The van der Waals surface area contributed by atoms with E-state index in [-0.39, 0.29) is 0 Å². The van der Waals surface area contributed by atoms with Crippen LogP contribution in [0.25, 0.3) is 0 Å². The van der Waals surface area contributed by atoms with Crippen LogP contribution in [0.3, 0.4) is 0 Å². The van der Waals surface area contributed by atoms with Crippen LogP contribution in [0.15, 0.2) is 6.07 Å². The molecule has 2 heterocycles. The first kappa shape index (κ1) is 13.7. The Kier molecular flexibility index (Phi) is 4.92. The van der Waals surface area contributed by atoms with Crippen LogP contribution >= 0.6 is 11.6 Å². The fourth-order valence-electron chi connectivity index (χ4n) is 2.30. The van der Waals surface area contributed by atoms with E-state index in [9.17, 15) is 0 Å². The van der Waals surface area contributed by atoms with Crippen molar-refractivity contribution in [1.29, 1.82) is 0 Å². The van der Waals surface area contributed by atoms with Gasteiger partial charge in [-0.2, -0.15) is 0 Å². The van der Waals surface area contributed by atoms with E-state index in [1.54, 1.807) is 6.07 Å². The number of aromatic nitrogens is 2. The molecule has 1 fully saturated rings. The molecule has 0 N–H and O–H groups in total. The molecule has 1 saturated heterocycles. The Morgan fingerprint density at radius 1 is 1.33 bits per heavy atom. The molecule has 100 valence electrons. The monoisotopic (exact) mass is 268 g/mol. The zero-order chi connectivity index (χ0) is 13.0. The summed E-state index contributed by atoms with van der Waals surface area (Å²) in [5.41, 5.74) is 0.929. The van der Waals surface area contributed by atoms with Crippen molar-refractivity contribution in [2.45, 2.75) is 26.3 Å². The molecule has 0 saturated carbocycles. The lowest BCUT2D eigenvalue weighted by Gasteiger charge is -2.20. The molecule has 0 unspecified atom stereocenters. The maximum Gasteiger partial charge on any atom is 0.144 e. The molecule has 1 aromatic rings. The van der Waals surface area contributed by atoms with Gasteiger partial charge in [-0.05, 0) is 46.0 Å². The highest BCUT2D eigenvalue weighted by Gasteiger charge is 2.12. The first-order chi connectivity index (χ1) is 8.63. The Morgan fingerprint density at radius 3 is 2.72 bits per heavy atom. The van der Waals surface area contributed by atoms with Gasteiger partial charge >= 0.3 is 0 Å². The Bertz CT molecular complexity index is 370. The molecule has 18 heavy (non-hydrogen) atoms. The van der Waals surface area contributed by atoms with Gasteiger partial charge in [-0.3, -0.25) is 4.90 Å². The summed E-state index contributed by atoms with van der Waals surface area (Å²) < 4.78 is 0. The maximum absolute atomic E-state index is 5.94. The quantitative estimate of drug-likeness (QED) is 0.765. The summed E-state index contributed by atoms with van der Waals surface area (Å²) in [4.78, 5) is 13.4. The normalized spacial score (nSPS) is 16.7. The van der Waals surface area contributed by atoms with Gasteiger partial charge in [-0.15, -0.1) is 0 Å². The minimum absolute atomic E-state index is 0.533. The molecule has 5 heteroatoms. The zero-order valence-corrected chi connectivity index (χ0v) is 11.9. The van der Waals surface area contributed by atoms with Crippen LogP contribution in [0, 0.1) is 6.92 Å². The van der Waals surface area contributed by atoms with Gasteiger partial charge in [0.2, 0.25) is 0 Å². The van der Waals surface area contributed by atoms with Crippen molar-refractivity contribution >= 4 is 11.6 Å². The minimum atomic E-state index is 0.533. The molecule has 2 rings (SSSR count). The summed E-state index contributed by atoms with van der Waals surface area (Å²) in [6, 6.07) is 1.79. The SMILES string of the molecule is Cc1cc(Cl)nc(CN(C)CCN2CCCC2)n1. The number of likely N-dealkylation sites (tertiary alicyclic amines) is 1. The van der Waals surface area contributed by atoms with Crippen LogP contribution in [0.4, 0.5) is 0 Å². The van der Waals surface area contributed by atoms with Crippen LogP contribution in [-0.2, 0) is 6.54 Å². The molecule has 0 aliphatic carbocycles. The highest BCUT2D eigenvalue weighted by molar-refractivity contribution is 6.29. The van der Waals surface area contributed by atoms with Crippen molar-refractivity contribution in [3.8, 4) is 0 Å². The summed E-state index contributed by atoms with van der Waals surface area (Å²) in [7, 11) is 2.11. The summed E-state index contributed by atoms with van der Waals surface area (Å²) in [5.74, 6) is 0.809. The smallest absolute Gasteiger partial charge is 0.144 e. The van der Waals surface area contributed by atoms with Gasteiger partial charge in [-0.1, -0.05) is 11.6 Å². The van der Waals surface area contributed by atoms with Crippen molar-refractivity contribution in [2.75, 3.05) is 33.2 Å². The largest absolute Gasteiger partial charge is 0.302 e. The van der Waals surface area contributed by atoms with E-state index < -0.39 is 0 Å². The molecule has 0 amide bonds. The minimum Gasteiger partial charge on any atom is -0.302 e. The van der Waals surface area contributed by atoms with Crippen LogP contribution in [0.5, 0.6) is 0 Å². The van der Waals surface area contributed by atoms with Gasteiger partial charge < -0.3 is 4.90 Å². The molecule has 1 aliphatic heterocycles. The van der Waals surface area contributed by atoms with Crippen LogP contribution < -0.4 is 0 Å². The molecule has 0 radical (unpaired) electrons. The van der Waals surface area contributed by atoms with Crippen molar-refractivity contribution in [2.24, 2.45) is 0 Å². The highest BCUT2D eigenvalue weighted by Crippen LogP contribution is 2.09. The summed E-state index contributed by atoms with van der Waals surface area (Å²) in [5, 5.41) is 0.533. The van der Waals surface area contributed by atoms with Gasteiger partial charge in [-0.25, -0.2) is 9.97 Å². The van der Waals surface area contributed by atoms with E-state index in [0.717, 1.165) is 31.2 Å². The fourth-order valence-corrected chi connectivity index (χ4v) is 2.55. The van der Waals surface area contributed by atoms with Crippen LogP contribution in [0.1, 0.15) is 24.4 Å². The maximum atomic E-state index is 5.94. The van der Waals surface area contributed by atoms with E-state index in [4.69, 9.17) is 11.6 Å². The molecule has 0 aromatic carbocycles. The highest BCUT2D eigenvalue weighted by atomic mass is 35.5. The van der Waals surface area contributed by atoms with Crippen molar-refractivity contribution < 1.29 is 0 Å². The van der Waals surface area contributed by atoms with Crippen LogP contribution in [-0.4, -0.2) is 53.0 Å². The first-order valence-corrected chi connectivity index (χ1v) is 6.92. The number of hydrogen-bond donors (Lipinski definition) is 0. The van der Waals surface area contributed by atoms with E-state index in [2.05, 4.69) is 26.8 Å². The Morgan fingerprint density at radius 2 is 2.06 bits per heavy atom. The average molecular weight is 269 g/mol. The number of rotatable bonds is 5. The Labute approximate surface area is 114 Å². The first-order valence-electron chi connectivity index (χ1n) is 6.54. The third-order valence-corrected chi connectivity index (χ3v) is 3.47.